The van der Waals surface area contributed by atoms with Gasteiger partial charge in [-0.25, -0.2) is 6.42 Å². The van der Waals surface area contributed by atoms with Gasteiger partial charge in [0.1, 0.15) is 0 Å². The van der Waals surface area contributed by atoms with Crippen LogP contribution in [0.2, 0.25) is 0 Å². The van der Waals surface area contributed by atoms with Crippen molar-refractivity contribution < 1.29 is 31.1 Å². The average Bonchev–Trinajstić information content (AvgIpc) is 1.37. The first-order valence-electron chi connectivity index (χ1n) is 1.35. The monoisotopic (exact) mass is 295 g/mol. The van der Waals surface area contributed by atoms with Gasteiger partial charge in [0.2, 0.25) is 0 Å². The van der Waals surface area contributed by atoms with E-state index in [1.807, 2.05) is 0 Å². The predicted octanol–water partition coefficient (Wildman–Crippen LogP) is 1.26. The number of hydrogen-bond donors (Lipinski definition) is 0. The summed E-state index contributed by atoms with van der Waals surface area (Å²) < 4.78 is 0. The molecular weight excluding hydrogens is 288 g/mol. The Balaban J connectivity index is 0. The van der Waals surface area contributed by atoms with Gasteiger partial charge >= 0.3 is 31.1 Å². The van der Waals surface area contributed by atoms with Crippen molar-refractivity contribution in [1.82, 2.24) is 0 Å². The van der Waals surface area contributed by atoms with Crippen molar-refractivity contribution in [3.05, 3.63) is 12.7 Å². The molecule has 5 heavy (non-hydrogen) atoms. The zero-order valence-electron chi connectivity index (χ0n) is 3.12. The average molecular weight is 295 g/mol. The van der Waals surface area contributed by atoms with Gasteiger partial charge in [-0.05, 0) is 0 Å². The first-order valence-corrected chi connectivity index (χ1v) is 1.35. The third-order valence-electron chi connectivity index (χ3n) is 0.177. The summed E-state index contributed by atoms with van der Waals surface area (Å²) in [6.07, 6.45) is 0.736. The van der Waals surface area contributed by atoms with Gasteiger partial charge in [0.15, 0.2) is 0 Å². The first kappa shape index (κ1) is 9.38. The molecule has 2 heteroatoms. The largest absolute Gasteiger partial charge is 2.00 e. The Hall–Kier alpha value is 1.01. The Kier molecular flexibility index (Phi) is 16.7. The molecule has 0 aromatic heterocycles. The molecule has 0 fully saturated rings. The zero-order valence-corrected chi connectivity index (χ0v) is 7.29. The van der Waals surface area contributed by atoms with E-state index in [0.717, 1.165) is 6.42 Å². The van der Waals surface area contributed by atoms with E-state index in [1.165, 1.54) is 0 Å². The van der Waals surface area contributed by atoms with Crippen LogP contribution in [0.4, 0.5) is 0 Å². The first-order chi connectivity index (χ1) is 1.91. The van der Waals surface area contributed by atoms with Gasteiger partial charge in [-0.3, -0.25) is 0 Å². The molecule has 0 unspecified atom stereocenters. The second-order valence-corrected chi connectivity index (χ2v) is 0.604. The van der Waals surface area contributed by atoms with Crippen LogP contribution < -0.4 is 0 Å². The molecular formula is C3H7NU. The van der Waals surface area contributed by atoms with Crippen molar-refractivity contribution in [3.8, 4) is 0 Å². The number of rotatable bonds is 1. The van der Waals surface area contributed by atoms with Crippen molar-refractivity contribution >= 4 is 0 Å². The Morgan fingerprint density at radius 2 is 1.80 bits per heavy atom. The minimum absolute atomic E-state index is 0. The minimum Gasteiger partial charge on any atom is -0.679 e. The van der Waals surface area contributed by atoms with Crippen LogP contribution >= 0.6 is 0 Å². The van der Waals surface area contributed by atoms with Gasteiger partial charge in [-0.2, -0.15) is 6.54 Å². The summed E-state index contributed by atoms with van der Waals surface area (Å²) in [4.78, 5) is 0. The van der Waals surface area contributed by atoms with Crippen LogP contribution in [-0.2, 0) is 0 Å². The molecule has 0 saturated carbocycles. The van der Waals surface area contributed by atoms with Crippen molar-refractivity contribution in [2.75, 3.05) is 6.54 Å². The van der Waals surface area contributed by atoms with Gasteiger partial charge in [-0.1, -0.05) is 0 Å². The Morgan fingerprint density at radius 3 is 1.80 bits per heavy atom. The van der Waals surface area contributed by atoms with Crippen LogP contribution in [0, 0.1) is 38.0 Å². The van der Waals surface area contributed by atoms with Crippen LogP contribution in [0.1, 0.15) is 6.42 Å². The van der Waals surface area contributed by atoms with E-state index in [4.69, 9.17) is 5.73 Å². The summed E-state index contributed by atoms with van der Waals surface area (Å²) in [6, 6.07) is 0. The molecule has 0 bridgehead atoms. The van der Waals surface area contributed by atoms with Crippen LogP contribution in [0.5, 0.6) is 0 Å². The standard InChI is InChI=1S/C3H7N.U/c1-2-3-4;/h4H,1-3H2;/q-2;+2. The molecule has 0 amide bonds. The van der Waals surface area contributed by atoms with Crippen molar-refractivity contribution in [3.63, 3.8) is 0 Å². The Labute approximate surface area is 56.7 Å². The van der Waals surface area contributed by atoms with E-state index in [-0.39, 0.29) is 31.1 Å². The van der Waals surface area contributed by atoms with E-state index in [2.05, 4.69) is 6.92 Å². The number of hydrogen-bond acceptors (Lipinski definition) is 0. The molecule has 0 aromatic carbocycles. The summed E-state index contributed by atoms with van der Waals surface area (Å²) in [5.74, 6) is 0. The molecule has 0 radical (unpaired) electrons. The maximum absolute atomic E-state index is 6.39. The Bertz CT molecular complexity index is 8.85. The van der Waals surface area contributed by atoms with E-state index in [9.17, 15) is 0 Å². The fourth-order valence-corrected chi connectivity index (χ4v) is 0. The molecule has 0 aliphatic rings. The quantitative estimate of drug-likeness (QED) is 0.651. The van der Waals surface area contributed by atoms with Crippen LogP contribution in [0.3, 0.4) is 0 Å². The van der Waals surface area contributed by atoms with Gasteiger partial charge in [-0.15, -0.1) is 0 Å². The molecule has 1 N–H and O–H groups in total. The summed E-state index contributed by atoms with van der Waals surface area (Å²) in [7, 11) is 0. The fraction of sp³-hybridized carbons (Fsp3) is 0.667. The van der Waals surface area contributed by atoms with Gasteiger partial charge in [0.25, 0.3) is 0 Å². The molecule has 0 aliphatic carbocycles. The maximum Gasteiger partial charge on any atom is 2.00 e. The molecule has 0 saturated heterocycles. The third kappa shape index (κ3) is 11.2. The summed E-state index contributed by atoms with van der Waals surface area (Å²) >= 11 is 0. The van der Waals surface area contributed by atoms with Crippen LogP contribution in [0.15, 0.2) is 0 Å². The molecule has 0 aromatic rings. The molecule has 0 rings (SSSR count). The predicted molar refractivity (Wildman–Crippen MR) is 19.2 cm³/mol. The van der Waals surface area contributed by atoms with E-state index in [1.54, 1.807) is 0 Å². The van der Waals surface area contributed by atoms with E-state index in [0.29, 0.717) is 6.54 Å². The van der Waals surface area contributed by atoms with E-state index < -0.39 is 0 Å². The Morgan fingerprint density at radius 1 is 1.60 bits per heavy atom. The summed E-state index contributed by atoms with van der Waals surface area (Å²) in [5.41, 5.74) is 6.39. The molecule has 0 heterocycles. The topological polar surface area (TPSA) is 23.8 Å². The van der Waals surface area contributed by atoms with Gasteiger partial charge in [0.05, 0.1) is 0 Å². The summed E-state index contributed by atoms with van der Waals surface area (Å²) in [6.45, 7) is 3.88. The molecule has 28 valence electrons. The molecule has 0 atom stereocenters. The summed E-state index contributed by atoms with van der Waals surface area (Å²) in [5, 5.41) is 0. The van der Waals surface area contributed by atoms with E-state index >= 15 is 0 Å². The minimum atomic E-state index is 0. The third-order valence-corrected chi connectivity index (χ3v) is 0.177. The molecule has 0 spiro atoms. The van der Waals surface area contributed by atoms with Crippen molar-refractivity contribution in [2.45, 2.75) is 6.42 Å². The van der Waals surface area contributed by atoms with Crippen LogP contribution in [-0.4, -0.2) is 6.54 Å². The van der Waals surface area contributed by atoms with Gasteiger partial charge < -0.3 is 12.7 Å². The molecule has 0 aliphatic heterocycles. The maximum atomic E-state index is 6.39. The fourth-order valence-electron chi connectivity index (χ4n) is 0. The second kappa shape index (κ2) is 8.89. The zero-order chi connectivity index (χ0) is 3.41. The molecule has 1 nitrogen and oxygen atoms in total. The second-order valence-electron chi connectivity index (χ2n) is 0.604. The van der Waals surface area contributed by atoms with Crippen molar-refractivity contribution in [1.29, 1.82) is 0 Å². The van der Waals surface area contributed by atoms with Crippen molar-refractivity contribution in [2.24, 2.45) is 0 Å². The number of nitrogens with one attached hydrogen (secondary N) is 1. The SMILES string of the molecule is [CH2-]CC[NH-].[U+2]. The van der Waals surface area contributed by atoms with Gasteiger partial charge in [0, 0.05) is 0 Å². The normalized spacial score (nSPS) is 6.00. The smallest absolute Gasteiger partial charge is 0.679 e. The van der Waals surface area contributed by atoms with Crippen LogP contribution in [0.25, 0.3) is 5.73 Å².